The van der Waals surface area contributed by atoms with Crippen LogP contribution in [0.2, 0.25) is 0 Å². The Bertz CT molecular complexity index is 1100. The zero-order valence-electron chi connectivity index (χ0n) is 18.7. The maximum absolute atomic E-state index is 13.2. The molecule has 1 saturated heterocycles. The van der Waals surface area contributed by atoms with Crippen LogP contribution in [0.25, 0.3) is 0 Å². The molecule has 0 aromatic heterocycles. The molecule has 2 aromatic rings. The third-order valence-electron chi connectivity index (χ3n) is 6.32. The molecule has 2 aromatic carbocycles. The Morgan fingerprint density at radius 1 is 1.09 bits per heavy atom. The van der Waals surface area contributed by atoms with Crippen LogP contribution in [-0.4, -0.2) is 55.0 Å². The molecule has 32 heavy (non-hydrogen) atoms. The minimum Gasteiger partial charge on any atom is -0.493 e. The number of nitrogens with one attached hydrogen (secondary N) is 1. The summed E-state index contributed by atoms with van der Waals surface area (Å²) in [7, 11) is 3.16. The maximum atomic E-state index is 13.2. The third kappa shape index (κ3) is 3.55. The van der Waals surface area contributed by atoms with Crippen molar-refractivity contribution in [1.29, 1.82) is 0 Å². The summed E-state index contributed by atoms with van der Waals surface area (Å²) in [4.78, 5) is 41.6. The summed E-state index contributed by atoms with van der Waals surface area (Å²) in [6, 6.07) is 10.7. The average molecular weight is 437 g/mol. The summed E-state index contributed by atoms with van der Waals surface area (Å²) < 4.78 is 10.7. The van der Waals surface area contributed by atoms with Crippen molar-refractivity contribution < 1.29 is 23.9 Å². The molecule has 0 radical (unpaired) electrons. The van der Waals surface area contributed by atoms with Crippen LogP contribution in [0, 0.1) is 6.92 Å². The van der Waals surface area contributed by atoms with E-state index in [4.69, 9.17) is 9.47 Å². The van der Waals surface area contributed by atoms with Gasteiger partial charge in [0, 0.05) is 13.1 Å². The molecule has 2 heterocycles. The van der Waals surface area contributed by atoms with Gasteiger partial charge in [-0.25, -0.2) is 4.79 Å². The van der Waals surface area contributed by atoms with Crippen molar-refractivity contribution >= 4 is 17.8 Å². The van der Waals surface area contributed by atoms with Gasteiger partial charge in [0.15, 0.2) is 11.5 Å². The fraction of sp³-hybridized carbons (Fsp3) is 0.375. The fourth-order valence-corrected chi connectivity index (χ4v) is 4.49. The van der Waals surface area contributed by atoms with Gasteiger partial charge in [-0.2, -0.15) is 0 Å². The molecular formula is C24H27N3O5. The van der Waals surface area contributed by atoms with Gasteiger partial charge in [0.05, 0.1) is 14.2 Å². The lowest BCUT2D eigenvalue weighted by molar-refractivity contribution is -0.139. The number of nitrogens with zero attached hydrogens (tertiary/aromatic N) is 2. The number of ether oxygens (including phenoxy) is 2. The normalized spacial score (nSPS) is 20.1. The van der Waals surface area contributed by atoms with Crippen LogP contribution in [0.5, 0.6) is 11.5 Å². The molecule has 1 fully saturated rings. The lowest BCUT2D eigenvalue weighted by Crippen LogP contribution is -2.46. The Hall–Kier alpha value is -3.55. The first-order valence-corrected chi connectivity index (χ1v) is 10.5. The standard InChI is InChI=1S/C24H27N3O5/c1-15-7-5-6-8-18(15)24(2)22(29)27(23(30)25-24)14-21(28)26-10-9-16-11-19(31-3)20(32-4)12-17(16)13-26/h5-8,11-12H,9-10,13-14H2,1-4H3,(H,25,30). The van der Waals surface area contributed by atoms with Gasteiger partial charge < -0.3 is 19.7 Å². The van der Waals surface area contributed by atoms with E-state index in [-0.39, 0.29) is 12.5 Å². The first-order valence-electron chi connectivity index (χ1n) is 10.5. The van der Waals surface area contributed by atoms with Gasteiger partial charge in [-0.05, 0) is 54.7 Å². The molecule has 0 saturated carbocycles. The average Bonchev–Trinajstić information content (AvgIpc) is 3.01. The highest BCUT2D eigenvalue weighted by atomic mass is 16.5. The molecule has 0 bridgehead atoms. The second-order valence-electron chi connectivity index (χ2n) is 8.30. The summed E-state index contributed by atoms with van der Waals surface area (Å²) in [5, 5.41) is 2.78. The number of imide groups is 1. The van der Waals surface area contributed by atoms with Crippen molar-refractivity contribution in [3.63, 3.8) is 0 Å². The number of urea groups is 1. The summed E-state index contributed by atoms with van der Waals surface area (Å²) in [5.41, 5.74) is 2.48. The minimum atomic E-state index is -1.19. The molecule has 8 heteroatoms. The number of benzene rings is 2. The van der Waals surface area contributed by atoms with Crippen LogP contribution >= 0.6 is 0 Å². The quantitative estimate of drug-likeness (QED) is 0.726. The Kier molecular flexibility index (Phi) is 5.54. The van der Waals surface area contributed by atoms with Gasteiger partial charge in [-0.1, -0.05) is 24.3 Å². The molecule has 168 valence electrons. The van der Waals surface area contributed by atoms with E-state index in [1.807, 2.05) is 43.3 Å². The van der Waals surface area contributed by atoms with Crippen LogP contribution in [0.4, 0.5) is 4.79 Å². The van der Waals surface area contributed by atoms with Crippen molar-refractivity contribution in [2.24, 2.45) is 0 Å². The van der Waals surface area contributed by atoms with Crippen molar-refractivity contribution in [2.45, 2.75) is 32.4 Å². The van der Waals surface area contributed by atoms with Gasteiger partial charge in [-0.15, -0.1) is 0 Å². The number of carbonyl (C=O) groups excluding carboxylic acids is 3. The number of methoxy groups -OCH3 is 2. The molecule has 0 spiro atoms. The molecular weight excluding hydrogens is 410 g/mol. The zero-order valence-corrected chi connectivity index (χ0v) is 18.7. The van der Waals surface area contributed by atoms with Gasteiger partial charge >= 0.3 is 6.03 Å². The first kappa shape index (κ1) is 21.7. The number of hydrogen-bond donors (Lipinski definition) is 1. The summed E-state index contributed by atoms with van der Waals surface area (Å²) >= 11 is 0. The number of rotatable bonds is 5. The predicted octanol–water partition coefficient (Wildman–Crippen LogP) is 2.36. The van der Waals surface area contributed by atoms with Crippen molar-refractivity contribution in [1.82, 2.24) is 15.1 Å². The molecule has 4 rings (SSSR count). The van der Waals surface area contributed by atoms with Gasteiger partial charge in [0.2, 0.25) is 5.91 Å². The molecule has 8 nitrogen and oxygen atoms in total. The van der Waals surface area contributed by atoms with Crippen LogP contribution < -0.4 is 14.8 Å². The van der Waals surface area contributed by atoms with Crippen LogP contribution in [0.1, 0.15) is 29.2 Å². The molecule has 2 aliphatic rings. The van der Waals surface area contributed by atoms with Crippen LogP contribution in [0.3, 0.4) is 0 Å². The molecule has 0 aliphatic carbocycles. The Morgan fingerprint density at radius 3 is 2.41 bits per heavy atom. The molecule has 1 atom stereocenters. The second-order valence-corrected chi connectivity index (χ2v) is 8.30. The van der Waals surface area contributed by atoms with E-state index < -0.39 is 17.5 Å². The largest absolute Gasteiger partial charge is 0.493 e. The smallest absolute Gasteiger partial charge is 0.325 e. The Morgan fingerprint density at radius 2 is 1.75 bits per heavy atom. The molecule has 1 unspecified atom stereocenters. The minimum absolute atomic E-state index is 0.275. The molecule has 4 amide bonds. The highest BCUT2D eigenvalue weighted by Gasteiger charge is 2.50. The number of hydrogen-bond acceptors (Lipinski definition) is 5. The van der Waals surface area contributed by atoms with Crippen LogP contribution in [0.15, 0.2) is 36.4 Å². The van der Waals surface area contributed by atoms with E-state index in [0.29, 0.717) is 31.0 Å². The highest BCUT2D eigenvalue weighted by Crippen LogP contribution is 2.34. The monoisotopic (exact) mass is 437 g/mol. The second kappa shape index (κ2) is 8.18. The number of carbonyl (C=O) groups is 3. The number of amides is 4. The zero-order chi connectivity index (χ0) is 23.0. The predicted molar refractivity (Wildman–Crippen MR) is 117 cm³/mol. The highest BCUT2D eigenvalue weighted by molar-refractivity contribution is 6.09. The first-order chi connectivity index (χ1) is 15.3. The number of aryl methyl sites for hydroxylation is 1. The molecule has 2 aliphatic heterocycles. The Balaban J connectivity index is 1.51. The summed E-state index contributed by atoms with van der Waals surface area (Å²) in [5.74, 6) is 0.557. The fourth-order valence-electron chi connectivity index (χ4n) is 4.49. The van der Waals surface area contributed by atoms with Crippen LogP contribution in [-0.2, 0) is 28.1 Å². The van der Waals surface area contributed by atoms with E-state index in [0.717, 1.165) is 27.2 Å². The lowest BCUT2D eigenvalue weighted by atomic mass is 9.88. The maximum Gasteiger partial charge on any atom is 0.325 e. The van der Waals surface area contributed by atoms with Crippen molar-refractivity contribution in [3.05, 3.63) is 58.7 Å². The SMILES string of the molecule is COc1cc2c(cc1OC)CN(C(=O)CN1C(=O)NC(C)(c3ccccc3C)C1=O)CC2. The summed E-state index contributed by atoms with van der Waals surface area (Å²) in [6.45, 7) is 4.15. The summed E-state index contributed by atoms with van der Waals surface area (Å²) in [6.07, 6.45) is 0.655. The van der Waals surface area contributed by atoms with Crippen molar-refractivity contribution in [2.75, 3.05) is 27.3 Å². The van der Waals surface area contributed by atoms with E-state index in [1.54, 1.807) is 26.0 Å². The van der Waals surface area contributed by atoms with E-state index in [9.17, 15) is 14.4 Å². The van der Waals surface area contributed by atoms with Gasteiger partial charge in [-0.3, -0.25) is 14.5 Å². The third-order valence-corrected chi connectivity index (χ3v) is 6.32. The van der Waals surface area contributed by atoms with Gasteiger partial charge in [0.1, 0.15) is 12.1 Å². The topological polar surface area (TPSA) is 88.2 Å². The van der Waals surface area contributed by atoms with E-state index >= 15 is 0 Å². The number of fused-ring (bicyclic) bond motifs is 1. The molecule has 1 N–H and O–H groups in total. The lowest BCUT2D eigenvalue weighted by Gasteiger charge is -2.30. The van der Waals surface area contributed by atoms with E-state index in [1.165, 1.54) is 0 Å². The van der Waals surface area contributed by atoms with E-state index in [2.05, 4.69) is 5.32 Å². The van der Waals surface area contributed by atoms with Crippen molar-refractivity contribution in [3.8, 4) is 11.5 Å². The van der Waals surface area contributed by atoms with Gasteiger partial charge in [0.25, 0.3) is 5.91 Å². The Labute approximate surface area is 187 Å².